The van der Waals surface area contributed by atoms with Gasteiger partial charge in [0.05, 0.1) is 0 Å². The average Bonchev–Trinajstić information content (AvgIpc) is 2.77. The molecule has 0 atom stereocenters. The second kappa shape index (κ2) is 9.69. The number of carbonyl (C=O) groups excluding carboxylic acids is 2. The topological polar surface area (TPSA) is 77.9 Å². The third-order valence-corrected chi connectivity index (χ3v) is 5.02. The third kappa shape index (κ3) is 5.67. The van der Waals surface area contributed by atoms with Gasteiger partial charge in [-0.2, -0.15) is 0 Å². The summed E-state index contributed by atoms with van der Waals surface area (Å²) in [5, 5.41) is 8.65. The summed E-state index contributed by atoms with van der Waals surface area (Å²) in [6.07, 6.45) is 5.87. The molecule has 3 rings (SSSR count). The van der Waals surface area contributed by atoms with Crippen molar-refractivity contribution in [3.05, 3.63) is 77.4 Å². The van der Waals surface area contributed by atoms with Crippen LogP contribution < -0.4 is 4.90 Å². The van der Waals surface area contributed by atoms with Gasteiger partial charge in [0.1, 0.15) is 0 Å². The Balaban J connectivity index is 1.58. The number of piperazine rings is 1. The SMILES string of the molecule is CC(=O)N1CCN(c2ccc(C(=O)C=Cc3ccc(C=CC(=O)O)cc3)cc2)CC1. The molecule has 2 aromatic carbocycles. The van der Waals surface area contributed by atoms with Gasteiger partial charge in [-0.25, -0.2) is 4.79 Å². The summed E-state index contributed by atoms with van der Waals surface area (Å²) in [6, 6.07) is 14.8. The number of carbonyl (C=O) groups is 3. The van der Waals surface area contributed by atoms with Gasteiger partial charge >= 0.3 is 5.97 Å². The van der Waals surface area contributed by atoms with E-state index in [1.165, 1.54) is 12.2 Å². The molecule has 1 amide bonds. The second-order valence-electron chi connectivity index (χ2n) is 7.08. The van der Waals surface area contributed by atoms with Gasteiger partial charge in [0.15, 0.2) is 5.78 Å². The van der Waals surface area contributed by atoms with E-state index in [0.29, 0.717) is 18.7 Å². The number of benzene rings is 2. The minimum absolute atomic E-state index is 0.0854. The fourth-order valence-electron chi connectivity index (χ4n) is 3.27. The Morgan fingerprint density at radius 1 is 0.800 bits per heavy atom. The van der Waals surface area contributed by atoms with Crippen LogP contribution in [0.2, 0.25) is 0 Å². The predicted octanol–water partition coefficient (Wildman–Crippen LogP) is 3.35. The highest BCUT2D eigenvalue weighted by molar-refractivity contribution is 6.07. The number of allylic oxidation sites excluding steroid dienone is 1. The Labute approximate surface area is 175 Å². The summed E-state index contributed by atoms with van der Waals surface area (Å²) in [5.41, 5.74) is 3.29. The lowest BCUT2D eigenvalue weighted by atomic mass is 10.1. The minimum atomic E-state index is -0.992. The molecule has 0 aromatic heterocycles. The number of ketones is 1. The zero-order valence-corrected chi connectivity index (χ0v) is 16.8. The van der Waals surface area contributed by atoms with Crippen LogP contribution in [-0.2, 0) is 9.59 Å². The molecule has 1 aliphatic rings. The van der Waals surface area contributed by atoms with E-state index in [1.54, 1.807) is 25.1 Å². The van der Waals surface area contributed by atoms with Crippen LogP contribution in [0.25, 0.3) is 12.2 Å². The molecule has 6 nitrogen and oxygen atoms in total. The highest BCUT2D eigenvalue weighted by atomic mass is 16.4. The zero-order valence-electron chi connectivity index (χ0n) is 16.8. The second-order valence-corrected chi connectivity index (χ2v) is 7.08. The first-order chi connectivity index (χ1) is 14.4. The molecule has 6 heteroatoms. The summed E-state index contributed by atoms with van der Waals surface area (Å²) in [7, 11) is 0. The van der Waals surface area contributed by atoms with Crippen molar-refractivity contribution in [3.63, 3.8) is 0 Å². The molecular formula is C24H24N2O4. The third-order valence-electron chi connectivity index (χ3n) is 5.02. The van der Waals surface area contributed by atoms with Gasteiger partial charge in [-0.05, 0) is 47.5 Å². The van der Waals surface area contributed by atoms with Gasteiger partial charge in [-0.15, -0.1) is 0 Å². The zero-order chi connectivity index (χ0) is 21.5. The number of hydrogen-bond acceptors (Lipinski definition) is 4. The summed E-state index contributed by atoms with van der Waals surface area (Å²) >= 11 is 0. The van der Waals surface area contributed by atoms with Crippen molar-refractivity contribution in [2.75, 3.05) is 31.1 Å². The lowest BCUT2D eigenvalue weighted by molar-refractivity contribution is -0.131. The summed E-state index contributed by atoms with van der Waals surface area (Å²) < 4.78 is 0. The lowest BCUT2D eigenvalue weighted by Crippen LogP contribution is -2.48. The maximum atomic E-state index is 12.4. The molecule has 0 bridgehead atoms. The van der Waals surface area contributed by atoms with Gasteiger partial charge in [-0.3, -0.25) is 9.59 Å². The van der Waals surface area contributed by atoms with Gasteiger partial charge in [0, 0.05) is 50.4 Å². The number of hydrogen-bond donors (Lipinski definition) is 1. The van der Waals surface area contributed by atoms with Crippen molar-refractivity contribution < 1.29 is 19.5 Å². The fourth-order valence-corrected chi connectivity index (χ4v) is 3.27. The highest BCUT2D eigenvalue weighted by Gasteiger charge is 2.18. The maximum Gasteiger partial charge on any atom is 0.328 e. The fraction of sp³-hybridized carbons (Fsp3) is 0.208. The lowest BCUT2D eigenvalue weighted by Gasteiger charge is -2.35. The van der Waals surface area contributed by atoms with Gasteiger partial charge < -0.3 is 14.9 Å². The number of anilines is 1. The van der Waals surface area contributed by atoms with Gasteiger partial charge in [0.2, 0.25) is 5.91 Å². The summed E-state index contributed by atoms with van der Waals surface area (Å²) in [6.45, 7) is 4.58. The number of amides is 1. The Kier molecular flexibility index (Phi) is 6.80. The number of nitrogens with zero attached hydrogens (tertiary/aromatic N) is 2. The maximum absolute atomic E-state index is 12.4. The van der Waals surface area contributed by atoms with Crippen LogP contribution in [0.1, 0.15) is 28.4 Å². The van der Waals surface area contributed by atoms with Crippen LogP contribution in [0, 0.1) is 0 Å². The molecular weight excluding hydrogens is 380 g/mol. The monoisotopic (exact) mass is 404 g/mol. The number of carboxylic acid groups (broad SMARTS) is 1. The van der Waals surface area contributed by atoms with Crippen molar-refractivity contribution in [2.45, 2.75) is 6.92 Å². The molecule has 0 radical (unpaired) electrons. The Morgan fingerprint density at radius 2 is 1.33 bits per heavy atom. The Hall–Kier alpha value is -3.67. The van der Waals surface area contributed by atoms with E-state index in [1.807, 2.05) is 41.3 Å². The van der Waals surface area contributed by atoms with Crippen molar-refractivity contribution in [3.8, 4) is 0 Å². The van der Waals surface area contributed by atoms with E-state index in [2.05, 4.69) is 4.90 Å². The molecule has 0 spiro atoms. The van der Waals surface area contributed by atoms with Crippen LogP contribution in [-0.4, -0.2) is 53.8 Å². The first kappa shape index (κ1) is 21.0. The van der Waals surface area contributed by atoms with Crippen molar-refractivity contribution in [1.29, 1.82) is 0 Å². The molecule has 2 aromatic rings. The Morgan fingerprint density at radius 3 is 1.83 bits per heavy atom. The molecule has 0 aliphatic carbocycles. The van der Waals surface area contributed by atoms with E-state index < -0.39 is 5.97 Å². The molecule has 0 saturated carbocycles. The standard InChI is InChI=1S/C24H24N2O4/c1-18(27)25-14-16-26(17-15-25)22-10-8-21(9-11-22)23(28)12-6-19-2-4-20(5-3-19)7-13-24(29)30/h2-13H,14-17H2,1H3,(H,29,30). The number of rotatable bonds is 6. The van der Waals surface area contributed by atoms with Crippen LogP contribution in [0.4, 0.5) is 5.69 Å². The van der Waals surface area contributed by atoms with Gasteiger partial charge in [0.25, 0.3) is 0 Å². The Bertz CT molecular complexity index is 967. The van der Waals surface area contributed by atoms with Crippen molar-refractivity contribution in [1.82, 2.24) is 4.90 Å². The minimum Gasteiger partial charge on any atom is -0.478 e. The van der Waals surface area contributed by atoms with Gasteiger partial charge in [-0.1, -0.05) is 30.3 Å². The van der Waals surface area contributed by atoms with Crippen molar-refractivity contribution in [2.24, 2.45) is 0 Å². The molecule has 1 fully saturated rings. The number of carboxylic acids is 1. The number of aliphatic carboxylic acids is 1. The van der Waals surface area contributed by atoms with E-state index in [-0.39, 0.29) is 11.7 Å². The van der Waals surface area contributed by atoms with E-state index in [0.717, 1.165) is 36.0 Å². The largest absolute Gasteiger partial charge is 0.478 e. The quantitative estimate of drug-likeness (QED) is 0.590. The summed E-state index contributed by atoms with van der Waals surface area (Å²) in [4.78, 5) is 38.5. The van der Waals surface area contributed by atoms with Crippen LogP contribution in [0.15, 0.2) is 60.7 Å². The average molecular weight is 404 g/mol. The van der Waals surface area contributed by atoms with E-state index in [4.69, 9.17) is 5.11 Å². The molecule has 1 aliphatic heterocycles. The van der Waals surface area contributed by atoms with Crippen LogP contribution in [0.5, 0.6) is 0 Å². The molecule has 1 N–H and O–H groups in total. The molecule has 1 heterocycles. The molecule has 30 heavy (non-hydrogen) atoms. The smallest absolute Gasteiger partial charge is 0.328 e. The first-order valence-corrected chi connectivity index (χ1v) is 9.76. The molecule has 154 valence electrons. The molecule has 1 saturated heterocycles. The molecule has 0 unspecified atom stereocenters. The first-order valence-electron chi connectivity index (χ1n) is 9.76. The highest BCUT2D eigenvalue weighted by Crippen LogP contribution is 2.18. The predicted molar refractivity (Wildman–Crippen MR) is 117 cm³/mol. The van der Waals surface area contributed by atoms with E-state index >= 15 is 0 Å². The van der Waals surface area contributed by atoms with Crippen LogP contribution in [0.3, 0.4) is 0 Å². The van der Waals surface area contributed by atoms with Crippen LogP contribution >= 0.6 is 0 Å². The van der Waals surface area contributed by atoms with E-state index in [9.17, 15) is 14.4 Å². The normalized spacial score (nSPS) is 14.4. The summed E-state index contributed by atoms with van der Waals surface area (Å²) in [5.74, 6) is -0.972. The van der Waals surface area contributed by atoms with Crippen molar-refractivity contribution >= 4 is 35.5 Å².